The highest BCUT2D eigenvalue weighted by Gasteiger charge is 1.98. The molecule has 0 amide bonds. The molecule has 2 N–H and O–H groups in total. The average molecular weight is 357 g/mol. The van der Waals surface area contributed by atoms with E-state index in [1.165, 1.54) is 5.39 Å². The van der Waals surface area contributed by atoms with Crippen molar-refractivity contribution in [3.8, 4) is 11.4 Å². The van der Waals surface area contributed by atoms with E-state index in [0.29, 0.717) is 0 Å². The van der Waals surface area contributed by atoms with Gasteiger partial charge in [0.1, 0.15) is 5.82 Å². The minimum atomic E-state index is 0.938. The van der Waals surface area contributed by atoms with Crippen molar-refractivity contribution in [2.45, 2.75) is 6.92 Å². The Morgan fingerprint density at radius 1 is 0.889 bits per heavy atom. The summed E-state index contributed by atoms with van der Waals surface area (Å²) >= 11 is 0. The number of nitrogens with one attached hydrogen (secondary N) is 2. The van der Waals surface area contributed by atoms with E-state index in [1.54, 1.807) is 6.34 Å². The first-order valence-corrected chi connectivity index (χ1v) is 8.92. The predicted octanol–water partition coefficient (Wildman–Crippen LogP) is 4.24. The lowest BCUT2D eigenvalue weighted by Crippen LogP contribution is -2.04. The van der Waals surface area contributed by atoms with Gasteiger partial charge in [-0.2, -0.15) is 0 Å². The van der Waals surface area contributed by atoms with E-state index in [0.717, 1.165) is 35.7 Å². The van der Waals surface area contributed by atoms with Crippen LogP contribution in [0.25, 0.3) is 22.3 Å². The standard InChI is InChI=1S/C10H10N2.C9H7N.C3H6N2/c1-8-7-11-10(12-8)9-5-3-2-4-6-9;1-2-6-9-8(4-1)5-3-7-10-9;1-2-5-3-4-1/h2-7H,1H3,(H,11,12);1-7H;3H,1-2H2,(H,4,5). The van der Waals surface area contributed by atoms with Gasteiger partial charge in [-0.15, -0.1) is 0 Å². The first-order chi connectivity index (χ1) is 13.3. The number of hydrogen-bond acceptors (Lipinski definition) is 4. The molecular weight excluding hydrogens is 334 g/mol. The van der Waals surface area contributed by atoms with Crippen LogP contribution in [0.2, 0.25) is 0 Å². The Kier molecular flexibility index (Phi) is 6.70. The molecule has 1 aliphatic rings. The van der Waals surface area contributed by atoms with Gasteiger partial charge in [-0.25, -0.2) is 4.98 Å². The highest BCUT2D eigenvalue weighted by Crippen LogP contribution is 2.13. The number of aliphatic imine (C=N–C) groups is 1. The van der Waals surface area contributed by atoms with Crippen LogP contribution in [0.4, 0.5) is 0 Å². The first kappa shape index (κ1) is 18.3. The number of imidazole rings is 1. The number of benzene rings is 2. The maximum absolute atomic E-state index is 4.33. The van der Waals surface area contributed by atoms with Gasteiger partial charge in [0.15, 0.2) is 0 Å². The van der Waals surface area contributed by atoms with Crippen molar-refractivity contribution >= 4 is 17.2 Å². The van der Waals surface area contributed by atoms with Crippen molar-refractivity contribution < 1.29 is 0 Å². The Morgan fingerprint density at radius 3 is 2.30 bits per heavy atom. The summed E-state index contributed by atoms with van der Waals surface area (Å²) in [6, 6.07) is 22.2. The highest BCUT2D eigenvalue weighted by atomic mass is 15.0. The van der Waals surface area contributed by atoms with E-state index in [1.807, 2.05) is 73.9 Å². The summed E-state index contributed by atoms with van der Waals surface area (Å²) in [7, 11) is 0. The first-order valence-electron chi connectivity index (χ1n) is 8.92. The molecule has 2 aromatic heterocycles. The SMILES string of the molecule is C1=NCCN1.Cc1c[nH]c(-c2ccccc2)n1.c1ccc2ncccc2c1. The summed E-state index contributed by atoms with van der Waals surface area (Å²) in [5.41, 5.74) is 3.21. The second kappa shape index (κ2) is 9.87. The summed E-state index contributed by atoms with van der Waals surface area (Å²) < 4.78 is 0. The molecule has 2 aromatic carbocycles. The van der Waals surface area contributed by atoms with Crippen LogP contribution >= 0.6 is 0 Å². The lowest BCUT2D eigenvalue weighted by atomic mass is 10.2. The molecule has 5 nitrogen and oxygen atoms in total. The largest absolute Gasteiger partial charge is 0.375 e. The van der Waals surface area contributed by atoms with Crippen LogP contribution in [-0.2, 0) is 0 Å². The smallest absolute Gasteiger partial charge is 0.137 e. The molecular formula is C22H23N5. The molecule has 0 radical (unpaired) electrons. The fourth-order valence-electron chi connectivity index (χ4n) is 2.50. The molecule has 27 heavy (non-hydrogen) atoms. The molecule has 0 fully saturated rings. The summed E-state index contributed by atoms with van der Waals surface area (Å²) in [4.78, 5) is 15.5. The van der Waals surface area contributed by atoms with Crippen LogP contribution in [0.1, 0.15) is 5.69 Å². The van der Waals surface area contributed by atoms with Gasteiger partial charge in [-0.1, -0.05) is 54.6 Å². The van der Waals surface area contributed by atoms with Crippen LogP contribution in [0.3, 0.4) is 0 Å². The summed E-state index contributed by atoms with van der Waals surface area (Å²) in [6.45, 7) is 3.96. The third-order valence-electron chi connectivity index (χ3n) is 3.83. The van der Waals surface area contributed by atoms with Gasteiger partial charge in [-0.3, -0.25) is 9.98 Å². The van der Waals surface area contributed by atoms with Gasteiger partial charge in [-0.05, 0) is 19.1 Å². The molecule has 0 spiro atoms. The molecule has 5 rings (SSSR count). The molecule has 0 saturated heterocycles. The molecule has 136 valence electrons. The Bertz CT molecular complexity index is 905. The van der Waals surface area contributed by atoms with Crippen molar-refractivity contribution in [3.05, 3.63) is 84.8 Å². The highest BCUT2D eigenvalue weighted by molar-refractivity contribution is 5.77. The van der Waals surface area contributed by atoms with E-state index in [-0.39, 0.29) is 0 Å². The zero-order valence-electron chi connectivity index (χ0n) is 15.3. The van der Waals surface area contributed by atoms with Crippen molar-refractivity contribution in [2.24, 2.45) is 4.99 Å². The van der Waals surface area contributed by atoms with Gasteiger partial charge in [0, 0.05) is 29.9 Å². The molecule has 0 unspecified atom stereocenters. The number of pyridine rings is 1. The molecule has 4 aromatic rings. The van der Waals surface area contributed by atoms with Crippen LogP contribution in [0.15, 0.2) is 84.1 Å². The van der Waals surface area contributed by atoms with E-state index < -0.39 is 0 Å². The van der Waals surface area contributed by atoms with Crippen molar-refractivity contribution in [2.75, 3.05) is 13.1 Å². The predicted molar refractivity (Wildman–Crippen MR) is 112 cm³/mol. The van der Waals surface area contributed by atoms with Crippen LogP contribution in [-0.4, -0.2) is 34.4 Å². The molecule has 3 heterocycles. The Balaban J connectivity index is 0.000000126. The monoisotopic (exact) mass is 357 g/mol. The second-order valence-corrected chi connectivity index (χ2v) is 5.94. The van der Waals surface area contributed by atoms with E-state index >= 15 is 0 Å². The fourth-order valence-corrected chi connectivity index (χ4v) is 2.50. The minimum absolute atomic E-state index is 0.938. The molecule has 0 atom stereocenters. The minimum Gasteiger partial charge on any atom is -0.375 e. The third-order valence-corrected chi connectivity index (χ3v) is 3.83. The Labute approximate surface area is 159 Å². The molecule has 0 saturated carbocycles. The van der Waals surface area contributed by atoms with Gasteiger partial charge in [0.05, 0.1) is 24.1 Å². The number of aromatic amines is 1. The number of para-hydroxylation sites is 1. The maximum atomic E-state index is 4.33. The zero-order valence-corrected chi connectivity index (χ0v) is 15.3. The lowest BCUT2D eigenvalue weighted by Gasteiger charge is -1.93. The van der Waals surface area contributed by atoms with Gasteiger partial charge in [0.2, 0.25) is 0 Å². The summed E-state index contributed by atoms with van der Waals surface area (Å²) in [6.07, 6.45) is 5.45. The van der Waals surface area contributed by atoms with Crippen molar-refractivity contribution in [1.29, 1.82) is 0 Å². The molecule has 0 aliphatic carbocycles. The summed E-state index contributed by atoms with van der Waals surface area (Å²) in [5, 5.41) is 4.13. The zero-order chi connectivity index (χ0) is 18.7. The second-order valence-electron chi connectivity index (χ2n) is 5.94. The Hall–Kier alpha value is -3.47. The fraction of sp³-hybridized carbons (Fsp3) is 0.136. The number of H-pyrrole nitrogens is 1. The van der Waals surface area contributed by atoms with Crippen molar-refractivity contribution in [3.63, 3.8) is 0 Å². The van der Waals surface area contributed by atoms with E-state index in [4.69, 9.17) is 0 Å². The quantitative estimate of drug-likeness (QED) is 0.535. The number of nitrogens with zero attached hydrogens (tertiary/aromatic N) is 3. The van der Waals surface area contributed by atoms with Crippen LogP contribution in [0.5, 0.6) is 0 Å². The maximum Gasteiger partial charge on any atom is 0.137 e. The summed E-state index contributed by atoms with van der Waals surface area (Å²) in [5.74, 6) is 0.938. The average Bonchev–Trinajstić information content (AvgIpc) is 3.44. The topological polar surface area (TPSA) is 66.0 Å². The van der Waals surface area contributed by atoms with Crippen LogP contribution in [0, 0.1) is 6.92 Å². The van der Waals surface area contributed by atoms with Gasteiger partial charge >= 0.3 is 0 Å². The third kappa shape index (κ3) is 5.78. The van der Waals surface area contributed by atoms with Gasteiger partial charge < -0.3 is 10.3 Å². The van der Waals surface area contributed by atoms with E-state index in [9.17, 15) is 0 Å². The van der Waals surface area contributed by atoms with Crippen LogP contribution < -0.4 is 5.32 Å². The number of fused-ring (bicyclic) bond motifs is 1. The van der Waals surface area contributed by atoms with Crippen molar-refractivity contribution in [1.82, 2.24) is 20.3 Å². The number of hydrogen-bond donors (Lipinski definition) is 2. The molecule has 5 heteroatoms. The lowest BCUT2D eigenvalue weighted by molar-refractivity contribution is 0.965. The molecule has 1 aliphatic heterocycles. The Morgan fingerprint density at radius 2 is 1.67 bits per heavy atom. The number of aryl methyl sites for hydroxylation is 1. The molecule has 0 bridgehead atoms. The van der Waals surface area contributed by atoms with E-state index in [2.05, 4.69) is 37.4 Å². The number of rotatable bonds is 1. The normalized spacial score (nSPS) is 11.7. The van der Waals surface area contributed by atoms with Gasteiger partial charge in [0.25, 0.3) is 0 Å². The number of aromatic nitrogens is 3.